The molecule has 1 aliphatic rings. The number of benzene rings is 1. The van der Waals surface area contributed by atoms with E-state index in [0.717, 1.165) is 12.8 Å². The zero-order valence-electron chi connectivity index (χ0n) is 12.2. The fourth-order valence-corrected chi connectivity index (χ4v) is 4.03. The van der Waals surface area contributed by atoms with Crippen LogP contribution in [0.25, 0.3) is 10.9 Å². The van der Waals surface area contributed by atoms with Crippen molar-refractivity contribution in [3.63, 3.8) is 0 Å². The minimum Gasteiger partial charge on any atom is -0.361 e. The molecule has 0 radical (unpaired) electrons. The first-order valence-electron chi connectivity index (χ1n) is 7.38. The van der Waals surface area contributed by atoms with Crippen LogP contribution >= 0.6 is 0 Å². The summed E-state index contributed by atoms with van der Waals surface area (Å²) in [4.78, 5) is 3.49. The van der Waals surface area contributed by atoms with Gasteiger partial charge >= 0.3 is 0 Å². The largest absolute Gasteiger partial charge is 0.361 e. The van der Waals surface area contributed by atoms with E-state index in [0.29, 0.717) is 11.8 Å². The molecule has 1 N–H and O–H groups in total. The number of fused-ring (bicyclic) bond motifs is 3. The van der Waals surface area contributed by atoms with Gasteiger partial charge in [-0.25, -0.2) is 0 Å². The Balaban J connectivity index is 2.30. The number of allylic oxidation sites excluding steroid dienone is 1. The number of aromatic amines is 1. The van der Waals surface area contributed by atoms with Crippen LogP contribution in [-0.2, 0) is 6.42 Å². The first-order valence-corrected chi connectivity index (χ1v) is 7.38. The summed E-state index contributed by atoms with van der Waals surface area (Å²) in [7, 11) is 0. The van der Waals surface area contributed by atoms with E-state index in [1.807, 2.05) is 6.08 Å². The molecule has 1 heteroatoms. The van der Waals surface area contributed by atoms with Gasteiger partial charge in [0.1, 0.15) is 0 Å². The predicted octanol–water partition coefficient (Wildman–Crippen LogP) is 5.21. The Morgan fingerprint density at radius 3 is 2.79 bits per heavy atom. The lowest BCUT2D eigenvalue weighted by Crippen LogP contribution is -2.00. The standard InChI is InChI=1S/C18H23N/c1-5-6-7-14-13(4)16-11(2)10-12(3)17(16)18-15(14)8-9-19-18/h5,8-9,11-12,19H,1,6-7,10H2,2-4H3/t11-,12+/m0/s1. The molecule has 1 aromatic heterocycles. The summed E-state index contributed by atoms with van der Waals surface area (Å²) in [5.74, 6) is 1.37. The second-order valence-electron chi connectivity index (χ2n) is 6.06. The Labute approximate surface area is 115 Å². The Morgan fingerprint density at radius 2 is 2.05 bits per heavy atom. The van der Waals surface area contributed by atoms with E-state index in [1.165, 1.54) is 28.5 Å². The molecule has 1 nitrogen and oxygen atoms in total. The summed E-state index contributed by atoms with van der Waals surface area (Å²) in [5, 5.41) is 1.43. The summed E-state index contributed by atoms with van der Waals surface area (Å²) in [5.41, 5.74) is 7.63. The Morgan fingerprint density at radius 1 is 1.32 bits per heavy atom. The van der Waals surface area contributed by atoms with Crippen LogP contribution in [0.15, 0.2) is 24.9 Å². The van der Waals surface area contributed by atoms with Crippen LogP contribution in [0.2, 0.25) is 0 Å². The molecule has 0 spiro atoms. The van der Waals surface area contributed by atoms with Crippen LogP contribution in [0.5, 0.6) is 0 Å². The molecule has 0 amide bonds. The van der Waals surface area contributed by atoms with Crippen molar-refractivity contribution in [3.05, 3.63) is 47.2 Å². The number of hydrogen-bond donors (Lipinski definition) is 1. The number of H-pyrrole nitrogens is 1. The second-order valence-corrected chi connectivity index (χ2v) is 6.06. The number of hydrogen-bond acceptors (Lipinski definition) is 0. The molecule has 0 unspecified atom stereocenters. The van der Waals surface area contributed by atoms with Crippen LogP contribution in [0, 0.1) is 6.92 Å². The van der Waals surface area contributed by atoms with Crippen molar-refractivity contribution in [1.82, 2.24) is 4.98 Å². The van der Waals surface area contributed by atoms with Gasteiger partial charge in [0, 0.05) is 17.1 Å². The topological polar surface area (TPSA) is 15.8 Å². The maximum atomic E-state index is 3.86. The van der Waals surface area contributed by atoms with Gasteiger partial charge in [0.25, 0.3) is 0 Å². The van der Waals surface area contributed by atoms with Gasteiger partial charge in [-0.3, -0.25) is 0 Å². The number of rotatable bonds is 3. The first kappa shape index (κ1) is 12.5. The smallest absolute Gasteiger partial charge is 0.0495 e. The zero-order valence-corrected chi connectivity index (χ0v) is 12.2. The van der Waals surface area contributed by atoms with E-state index in [-0.39, 0.29) is 0 Å². The summed E-state index contributed by atoms with van der Waals surface area (Å²) in [6, 6.07) is 2.25. The highest BCUT2D eigenvalue weighted by atomic mass is 14.7. The van der Waals surface area contributed by atoms with Crippen molar-refractivity contribution in [2.45, 2.75) is 51.9 Å². The van der Waals surface area contributed by atoms with Gasteiger partial charge in [0.05, 0.1) is 0 Å². The van der Waals surface area contributed by atoms with Crippen molar-refractivity contribution in [2.24, 2.45) is 0 Å². The molecular weight excluding hydrogens is 230 g/mol. The van der Waals surface area contributed by atoms with E-state index in [2.05, 4.69) is 44.6 Å². The molecule has 0 saturated heterocycles. The van der Waals surface area contributed by atoms with Crippen LogP contribution in [0.4, 0.5) is 0 Å². The molecule has 0 fully saturated rings. The lowest BCUT2D eigenvalue weighted by molar-refractivity contribution is 0.660. The van der Waals surface area contributed by atoms with E-state index in [4.69, 9.17) is 0 Å². The Hall–Kier alpha value is -1.50. The van der Waals surface area contributed by atoms with E-state index < -0.39 is 0 Å². The molecule has 1 aliphatic carbocycles. The molecule has 3 rings (SSSR count). The van der Waals surface area contributed by atoms with Crippen molar-refractivity contribution < 1.29 is 0 Å². The molecule has 100 valence electrons. The predicted molar refractivity (Wildman–Crippen MR) is 83.0 cm³/mol. The summed E-state index contributed by atoms with van der Waals surface area (Å²) < 4.78 is 0. The zero-order chi connectivity index (χ0) is 13.6. The van der Waals surface area contributed by atoms with Crippen molar-refractivity contribution >= 4 is 10.9 Å². The van der Waals surface area contributed by atoms with Gasteiger partial charge in [0.15, 0.2) is 0 Å². The van der Waals surface area contributed by atoms with Gasteiger partial charge in [-0.1, -0.05) is 19.9 Å². The normalized spacial score (nSPS) is 21.8. The highest BCUT2D eigenvalue weighted by molar-refractivity contribution is 5.90. The quantitative estimate of drug-likeness (QED) is 0.723. The van der Waals surface area contributed by atoms with Gasteiger partial charge in [-0.2, -0.15) is 0 Å². The highest BCUT2D eigenvalue weighted by Crippen LogP contribution is 2.47. The Kier molecular flexibility index (Phi) is 3.00. The Bertz CT molecular complexity index is 633. The second kappa shape index (κ2) is 4.56. The molecule has 0 aliphatic heterocycles. The van der Waals surface area contributed by atoms with Crippen LogP contribution in [0.1, 0.15) is 60.8 Å². The van der Waals surface area contributed by atoms with Gasteiger partial charge in [0.2, 0.25) is 0 Å². The molecular formula is C18H23N. The monoisotopic (exact) mass is 253 g/mol. The number of aromatic nitrogens is 1. The minimum absolute atomic E-state index is 0.679. The summed E-state index contributed by atoms with van der Waals surface area (Å²) >= 11 is 0. The molecule has 2 aromatic rings. The highest BCUT2D eigenvalue weighted by Gasteiger charge is 2.30. The lowest BCUT2D eigenvalue weighted by atomic mass is 9.88. The maximum Gasteiger partial charge on any atom is 0.0495 e. The molecule has 1 aromatic carbocycles. The SMILES string of the molecule is C=CCCc1c(C)c2c(c3[nH]ccc13)[C@H](C)C[C@@H]2C. The molecule has 0 bridgehead atoms. The van der Waals surface area contributed by atoms with Crippen molar-refractivity contribution in [3.8, 4) is 0 Å². The third kappa shape index (κ3) is 1.75. The third-order valence-corrected chi connectivity index (χ3v) is 4.78. The summed E-state index contributed by atoms with van der Waals surface area (Å²) in [6.45, 7) is 10.9. The number of aryl methyl sites for hydroxylation is 1. The fourth-order valence-electron chi connectivity index (χ4n) is 4.03. The molecule has 1 heterocycles. The van der Waals surface area contributed by atoms with Crippen LogP contribution in [-0.4, -0.2) is 4.98 Å². The molecule has 2 atom stereocenters. The van der Waals surface area contributed by atoms with E-state index in [9.17, 15) is 0 Å². The summed E-state index contributed by atoms with van der Waals surface area (Å²) in [6.07, 6.45) is 7.58. The van der Waals surface area contributed by atoms with Crippen LogP contribution < -0.4 is 0 Å². The van der Waals surface area contributed by atoms with Gasteiger partial charge < -0.3 is 4.98 Å². The minimum atomic E-state index is 0.679. The van der Waals surface area contributed by atoms with Crippen molar-refractivity contribution in [2.75, 3.05) is 0 Å². The van der Waals surface area contributed by atoms with Gasteiger partial charge in [-0.15, -0.1) is 6.58 Å². The maximum absolute atomic E-state index is 3.86. The molecule has 0 saturated carbocycles. The fraction of sp³-hybridized carbons (Fsp3) is 0.444. The van der Waals surface area contributed by atoms with Gasteiger partial charge in [-0.05, 0) is 66.3 Å². The lowest BCUT2D eigenvalue weighted by Gasteiger charge is -2.16. The van der Waals surface area contributed by atoms with E-state index in [1.54, 1.807) is 11.1 Å². The average Bonchev–Trinajstić information content (AvgIpc) is 2.94. The van der Waals surface area contributed by atoms with Crippen molar-refractivity contribution in [1.29, 1.82) is 0 Å². The molecule has 19 heavy (non-hydrogen) atoms. The average molecular weight is 253 g/mol. The number of nitrogens with one attached hydrogen (secondary N) is 1. The first-order chi connectivity index (χ1) is 9.15. The van der Waals surface area contributed by atoms with E-state index >= 15 is 0 Å². The van der Waals surface area contributed by atoms with Crippen LogP contribution in [0.3, 0.4) is 0 Å². The third-order valence-electron chi connectivity index (χ3n) is 4.78.